The van der Waals surface area contributed by atoms with Crippen LogP contribution in [0.5, 0.6) is 0 Å². The average Bonchev–Trinajstić information content (AvgIpc) is 3.10. The Hall–Kier alpha value is -5.46. The second-order valence-electron chi connectivity index (χ2n) is 10.9. The molecule has 0 radical (unpaired) electrons. The molecule has 220 valence electrons. The third-order valence-electron chi connectivity index (χ3n) is 8.22. The fraction of sp³-hybridized carbons (Fsp3) is 0.0667. The van der Waals surface area contributed by atoms with E-state index in [1.807, 2.05) is 31.2 Å². The zero-order chi connectivity index (χ0) is 31.8. The van der Waals surface area contributed by atoms with Gasteiger partial charge in [0.15, 0.2) is 0 Å². The van der Waals surface area contributed by atoms with Crippen LogP contribution in [0.3, 0.4) is 0 Å². The van der Waals surface area contributed by atoms with Gasteiger partial charge in [0.1, 0.15) is 0 Å². The molecule has 0 spiro atoms. The quantitative estimate of drug-likeness (QED) is 0.157. The van der Waals surface area contributed by atoms with Gasteiger partial charge in [0, 0.05) is 0 Å². The highest BCUT2D eigenvalue weighted by atomic mass is 14.2. The van der Waals surface area contributed by atoms with Crippen molar-refractivity contribution in [2.75, 3.05) is 0 Å². The van der Waals surface area contributed by atoms with Crippen molar-refractivity contribution in [1.29, 1.82) is 0 Å². The minimum absolute atomic E-state index is 1.08. The number of hydrogen-bond acceptors (Lipinski definition) is 0. The van der Waals surface area contributed by atoms with Crippen LogP contribution < -0.4 is 0 Å². The predicted octanol–water partition coefficient (Wildman–Crippen LogP) is 13.5. The summed E-state index contributed by atoms with van der Waals surface area (Å²) < 4.78 is 0. The molecule has 6 aromatic carbocycles. The number of fused-ring (bicyclic) bond motifs is 2. The van der Waals surface area contributed by atoms with E-state index in [0.717, 1.165) is 23.1 Å². The Morgan fingerprint density at radius 3 is 1.24 bits per heavy atom. The van der Waals surface area contributed by atoms with Crippen molar-refractivity contribution < 1.29 is 0 Å². The first-order valence-corrected chi connectivity index (χ1v) is 15.5. The zero-order valence-corrected chi connectivity index (χ0v) is 26.4. The van der Waals surface area contributed by atoms with Crippen molar-refractivity contribution in [2.45, 2.75) is 20.3 Å². The van der Waals surface area contributed by atoms with E-state index < -0.39 is 0 Å². The van der Waals surface area contributed by atoms with Crippen molar-refractivity contribution in [2.24, 2.45) is 0 Å². The summed E-state index contributed by atoms with van der Waals surface area (Å²) >= 11 is 0. The van der Waals surface area contributed by atoms with Gasteiger partial charge in [0.25, 0.3) is 0 Å². The third kappa shape index (κ3) is 6.28. The SMILES string of the molecule is C=CCC.C=Cc1ccc(-c2cccc3c(-c4cccc5c(-c6ccc(/C=C\C)c(C=C)c6)cccc45)cccc23)cc1C=C. The predicted molar refractivity (Wildman–Crippen MR) is 203 cm³/mol. The number of benzene rings is 6. The molecule has 0 nitrogen and oxygen atoms in total. The van der Waals surface area contributed by atoms with E-state index in [2.05, 4.69) is 155 Å². The van der Waals surface area contributed by atoms with Crippen LogP contribution in [0.15, 0.2) is 148 Å². The van der Waals surface area contributed by atoms with Gasteiger partial charge in [-0.2, -0.15) is 0 Å². The smallest absolute Gasteiger partial charge is 0.00990 e. The molecule has 0 heterocycles. The number of rotatable bonds is 8. The van der Waals surface area contributed by atoms with Crippen LogP contribution in [0, 0.1) is 0 Å². The average molecular weight is 581 g/mol. The van der Waals surface area contributed by atoms with E-state index in [0.29, 0.717) is 0 Å². The lowest BCUT2D eigenvalue weighted by atomic mass is 9.88. The van der Waals surface area contributed by atoms with Crippen LogP contribution in [0.1, 0.15) is 42.5 Å². The van der Waals surface area contributed by atoms with E-state index >= 15 is 0 Å². The summed E-state index contributed by atoms with van der Waals surface area (Å²) in [5.74, 6) is 0. The van der Waals surface area contributed by atoms with Gasteiger partial charge in [0.05, 0.1) is 0 Å². The van der Waals surface area contributed by atoms with Crippen LogP contribution in [0.25, 0.3) is 79.2 Å². The monoisotopic (exact) mass is 580 g/mol. The lowest BCUT2D eigenvalue weighted by molar-refractivity contribution is 1.23. The lowest BCUT2D eigenvalue weighted by Gasteiger charge is -2.15. The van der Waals surface area contributed by atoms with Gasteiger partial charge >= 0.3 is 0 Å². The van der Waals surface area contributed by atoms with Crippen molar-refractivity contribution in [3.63, 3.8) is 0 Å². The second-order valence-corrected chi connectivity index (χ2v) is 10.9. The maximum absolute atomic E-state index is 4.06. The van der Waals surface area contributed by atoms with Gasteiger partial charge in [-0.1, -0.05) is 160 Å². The van der Waals surface area contributed by atoms with E-state index in [1.54, 1.807) is 0 Å². The summed E-state index contributed by atoms with van der Waals surface area (Å²) in [7, 11) is 0. The Bertz CT molecular complexity index is 2060. The Kier molecular flexibility index (Phi) is 9.87. The van der Waals surface area contributed by atoms with Gasteiger partial charge in [-0.15, -0.1) is 6.58 Å². The normalized spacial score (nSPS) is 10.8. The Labute approximate surface area is 268 Å². The summed E-state index contributed by atoms with van der Waals surface area (Å²) in [6.45, 7) is 19.6. The molecule has 0 aromatic heterocycles. The Morgan fingerprint density at radius 1 is 0.467 bits per heavy atom. The lowest BCUT2D eigenvalue weighted by Crippen LogP contribution is -1.89. The first-order chi connectivity index (χ1) is 22.1. The summed E-state index contributed by atoms with van der Waals surface area (Å²) in [5, 5.41) is 4.95. The molecule has 0 atom stereocenters. The van der Waals surface area contributed by atoms with Crippen molar-refractivity contribution in [1.82, 2.24) is 0 Å². The molecule has 6 rings (SSSR count). The fourth-order valence-corrected chi connectivity index (χ4v) is 5.95. The molecule has 0 N–H and O–H groups in total. The van der Waals surface area contributed by atoms with E-state index in [9.17, 15) is 0 Å². The standard InChI is InChI=1S/C41H32.C4H8/c1-5-13-31-23-25-33(27-30(31)8-4)35-15-10-19-39-37(35)17-12-21-41(39)40-20-11-16-36-34(14-9-18-38(36)40)32-24-22-28(6-2)29(7-3)26-32;1-3-4-2/h5-27H,2-4H2,1H3;3H,1,4H2,2H3/b13-5-;. The minimum Gasteiger partial charge on any atom is -0.103 e. The Morgan fingerprint density at radius 2 is 0.844 bits per heavy atom. The van der Waals surface area contributed by atoms with Gasteiger partial charge < -0.3 is 0 Å². The molecule has 0 unspecified atom stereocenters. The first-order valence-electron chi connectivity index (χ1n) is 15.5. The summed E-state index contributed by atoms with van der Waals surface area (Å²) in [5.41, 5.74) is 11.8. The van der Waals surface area contributed by atoms with Crippen LogP contribution in [-0.4, -0.2) is 0 Å². The molecule has 0 aliphatic carbocycles. The molecule has 0 aliphatic heterocycles. The molecule has 0 saturated heterocycles. The van der Waals surface area contributed by atoms with Crippen molar-refractivity contribution >= 4 is 45.8 Å². The molecular weight excluding hydrogens is 540 g/mol. The molecule has 0 bridgehead atoms. The Balaban J connectivity index is 0.000000945. The largest absolute Gasteiger partial charge is 0.103 e. The second kappa shape index (κ2) is 14.3. The zero-order valence-electron chi connectivity index (χ0n) is 26.4. The summed E-state index contributed by atoms with van der Waals surface area (Å²) in [6, 6.07) is 39.7. The van der Waals surface area contributed by atoms with E-state index in [1.165, 1.54) is 60.5 Å². The van der Waals surface area contributed by atoms with Crippen molar-refractivity contribution in [3.05, 3.63) is 170 Å². The molecule has 0 heteroatoms. The topological polar surface area (TPSA) is 0 Å². The molecule has 0 saturated carbocycles. The summed E-state index contributed by atoms with van der Waals surface area (Å²) in [4.78, 5) is 0. The van der Waals surface area contributed by atoms with E-state index in [4.69, 9.17) is 0 Å². The van der Waals surface area contributed by atoms with E-state index in [-0.39, 0.29) is 0 Å². The highest BCUT2D eigenvalue weighted by molar-refractivity contribution is 6.11. The van der Waals surface area contributed by atoms with Crippen molar-refractivity contribution in [3.8, 4) is 33.4 Å². The van der Waals surface area contributed by atoms with Gasteiger partial charge in [-0.25, -0.2) is 0 Å². The van der Waals surface area contributed by atoms with Gasteiger partial charge in [-0.05, 0) is 103 Å². The molecule has 0 aliphatic rings. The minimum atomic E-state index is 1.08. The maximum atomic E-state index is 4.06. The van der Waals surface area contributed by atoms with Gasteiger partial charge in [-0.3, -0.25) is 0 Å². The van der Waals surface area contributed by atoms with Crippen LogP contribution in [-0.2, 0) is 0 Å². The third-order valence-corrected chi connectivity index (χ3v) is 8.22. The molecule has 6 aromatic rings. The first kappa shape index (κ1) is 31.0. The summed E-state index contributed by atoms with van der Waals surface area (Å²) in [6.07, 6.45) is 12.9. The molecule has 45 heavy (non-hydrogen) atoms. The maximum Gasteiger partial charge on any atom is -0.00990 e. The highest BCUT2D eigenvalue weighted by Crippen LogP contribution is 2.40. The molecule has 0 amide bonds. The highest BCUT2D eigenvalue weighted by Gasteiger charge is 2.13. The van der Waals surface area contributed by atoms with Crippen LogP contribution in [0.4, 0.5) is 0 Å². The van der Waals surface area contributed by atoms with Crippen LogP contribution >= 0.6 is 0 Å². The number of allylic oxidation sites excluding steroid dienone is 2. The number of hydrogen-bond donors (Lipinski definition) is 0. The van der Waals surface area contributed by atoms with Crippen LogP contribution in [0.2, 0.25) is 0 Å². The molecule has 0 fully saturated rings. The van der Waals surface area contributed by atoms with Gasteiger partial charge in [0.2, 0.25) is 0 Å². The molecular formula is C45H40. The fourth-order valence-electron chi connectivity index (χ4n) is 5.95.